The van der Waals surface area contributed by atoms with E-state index in [1.54, 1.807) is 18.7 Å². The number of nitrogens with one attached hydrogen (secondary N) is 2. The summed E-state index contributed by atoms with van der Waals surface area (Å²) < 4.78 is 5.49. The van der Waals surface area contributed by atoms with Crippen molar-refractivity contribution >= 4 is 23.8 Å². The van der Waals surface area contributed by atoms with Crippen LogP contribution in [0, 0.1) is 6.92 Å². The number of carbonyl (C=O) groups excluding carboxylic acids is 1. The normalized spacial score (nSPS) is 16.1. The van der Waals surface area contributed by atoms with Crippen molar-refractivity contribution in [3.63, 3.8) is 0 Å². The van der Waals surface area contributed by atoms with E-state index in [1.165, 1.54) is 12.5 Å². The Hall–Kier alpha value is -1.63. The molecular weight excluding hydrogens is 292 g/mol. The van der Waals surface area contributed by atoms with Gasteiger partial charge in [0.2, 0.25) is 0 Å². The van der Waals surface area contributed by atoms with Gasteiger partial charge in [0.15, 0.2) is 0 Å². The highest BCUT2D eigenvalue weighted by Crippen LogP contribution is 2.42. The van der Waals surface area contributed by atoms with E-state index in [4.69, 9.17) is 9.52 Å². The van der Waals surface area contributed by atoms with Gasteiger partial charge in [-0.25, -0.2) is 9.59 Å². The number of hydrogen-bond acceptors (Lipinski definition) is 4. The van der Waals surface area contributed by atoms with Crippen molar-refractivity contribution in [2.45, 2.75) is 37.5 Å². The fraction of sp³-hybridized carbons (Fsp3) is 0.571. The number of carboxylic acids is 1. The van der Waals surface area contributed by atoms with E-state index in [0.717, 1.165) is 12.8 Å². The zero-order valence-electron chi connectivity index (χ0n) is 12.2. The Kier molecular flexibility index (Phi) is 4.82. The van der Waals surface area contributed by atoms with Crippen molar-refractivity contribution in [2.75, 3.05) is 12.8 Å². The molecule has 0 unspecified atom stereocenters. The number of thioether (sulfide) groups is 1. The fourth-order valence-electron chi connectivity index (χ4n) is 2.34. The number of urea groups is 1. The number of amides is 2. The van der Waals surface area contributed by atoms with Crippen LogP contribution in [0.1, 0.15) is 41.1 Å². The smallest absolute Gasteiger partial charge is 0.339 e. The lowest BCUT2D eigenvalue weighted by Gasteiger charge is -2.40. The average molecular weight is 312 g/mol. The van der Waals surface area contributed by atoms with Crippen molar-refractivity contribution in [2.24, 2.45) is 0 Å². The van der Waals surface area contributed by atoms with Gasteiger partial charge in [0, 0.05) is 11.3 Å². The van der Waals surface area contributed by atoms with Crippen LogP contribution in [-0.4, -0.2) is 34.7 Å². The summed E-state index contributed by atoms with van der Waals surface area (Å²) >= 11 is 1.80. The van der Waals surface area contributed by atoms with E-state index >= 15 is 0 Å². The summed E-state index contributed by atoms with van der Waals surface area (Å²) in [5, 5.41) is 14.5. The summed E-state index contributed by atoms with van der Waals surface area (Å²) in [5.74, 6) is -0.252. The van der Waals surface area contributed by atoms with Crippen LogP contribution in [0.3, 0.4) is 0 Å². The molecule has 116 valence electrons. The van der Waals surface area contributed by atoms with Crippen LogP contribution < -0.4 is 10.6 Å². The van der Waals surface area contributed by atoms with E-state index in [-0.39, 0.29) is 22.9 Å². The van der Waals surface area contributed by atoms with E-state index in [0.29, 0.717) is 18.1 Å². The Morgan fingerprint density at radius 3 is 2.62 bits per heavy atom. The largest absolute Gasteiger partial charge is 0.478 e. The third kappa shape index (κ3) is 3.72. The molecule has 2 amide bonds. The Labute approximate surface area is 127 Å². The molecule has 0 saturated heterocycles. The van der Waals surface area contributed by atoms with Gasteiger partial charge >= 0.3 is 12.0 Å². The number of aromatic carboxylic acids is 1. The highest BCUT2D eigenvalue weighted by atomic mass is 32.2. The summed E-state index contributed by atoms with van der Waals surface area (Å²) in [6.45, 7) is 2.41. The zero-order valence-corrected chi connectivity index (χ0v) is 13.0. The lowest BCUT2D eigenvalue weighted by molar-refractivity contribution is 0.0695. The summed E-state index contributed by atoms with van der Waals surface area (Å²) in [6.07, 6.45) is 5.55. The predicted molar refractivity (Wildman–Crippen MR) is 80.7 cm³/mol. The van der Waals surface area contributed by atoms with Crippen LogP contribution in [0.4, 0.5) is 4.79 Å². The Balaban J connectivity index is 1.78. The molecule has 0 bridgehead atoms. The highest BCUT2D eigenvalue weighted by molar-refractivity contribution is 8.00. The van der Waals surface area contributed by atoms with E-state index in [1.807, 2.05) is 0 Å². The quantitative estimate of drug-likeness (QED) is 0.750. The molecule has 0 radical (unpaired) electrons. The van der Waals surface area contributed by atoms with E-state index in [9.17, 15) is 9.59 Å². The first-order valence-corrected chi connectivity index (χ1v) is 8.08. The number of furan rings is 1. The first kappa shape index (κ1) is 15.8. The Bertz CT molecular complexity index is 532. The molecule has 1 aliphatic rings. The van der Waals surface area contributed by atoms with Gasteiger partial charge in [0.25, 0.3) is 0 Å². The van der Waals surface area contributed by atoms with Gasteiger partial charge in [-0.3, -0.25) is 0 Å². The predicted octanol–water partition coefficient (Wildman–Crippen LogP) is 2.37. The molecule has 1 heterocycles. The van der Waals surface area contributed by atoms with Crippen LogP contribution in [0.5, 0.6) is 0 Å². The lowest BCUT2D eigenvalue weighted by atomic mass is 9.84. The minimum Gasteiger partial charge on any atom is -0.478 e. The fourth-order valence-corrected chi connectivity index (χ4v) is 3.25. The molecule has 1 aromatic heterocycles. The topological polar surface area (TPSA) is 91.6 Å². The van der Waals surface area contributed by atoms with E-state index < -0.39 is 5.97 Å². The van der Waals surface area contributed by atoms with Gasteiger partial charge in [-0.05, 0) is 32.1 Å². The first-order valence-electron chi connectivity index (χ1n) is 6.85. The Morgan fingerprint density at radius 2 is 2.14 bits per heavy atom. The third-order valence-corrected chi connectivity index (χ3v) is 5.31. The second-order valence-corrected chi connectivity index (χ2v) is 6.54. The van der Waals surface area contributed by atoms with Crippen molar-refractivity contribution in [1.82, 2.24) is 10.6 Å². The van der Waals surface area contributed by atoms with Crippen LogP contribution in [-0.2, 0) is 6.54 Å². The summed E-state index contributed by atoms with van der Waals surface area (Å²) in [7, 11) is 0. The molecule has 1 aromatic rings. The highest BCUT2D eigenvalue weighted by Gasteiger charge is 2.36. The molecule has 1 fully saturated rings. The number of rotatable bonds is 6. The maximum absolute atomic E-state index is 11.8. The van der Waals surface area contributed by atoms with Gasteiger partial charge in [-0.1, -0.05) is 6.42 Å². The second-order valence-electron chi connectivity index (χ2n) is 5.26. The molecule has 0 aromatic carbocycles. The van der Waals surface area contributed by atoms with Crippen LogP contribution in [0.25, 0.3) is 0 Å². The summed E-state index contributed by atoms with van der Waals surface area (Å²) in [4.78, 5) is 22.7. The zero-order chi connectivity index (χ0) is 15.5. The van der Waals surface area contributed by atoms with Gasteiger partial charge in [-0.2, -0.15) is 11.8 Å². The molecule has 6 nitrogen and oxygen atoms in total. The number of hydrogen-bond donors (Lipinski definition) is 3. The van der Waals surface area contributed by atoms with E-state index in [2.05, 4.69) is 16.9 Å². The van der Waals surface area contributed by atoms with Crippen molar-refractivity contribution in [3.8, 4) is 0 Å². The molecule has 7 heteroatoms. The lowest BCUT2D eigenvalue weighted by Crippen LogP contribution is -2.47. The molecule has 0 aliphatic heterocycles. The van der Waals surface area contributed by atoms with Crippen LogP contribution in [0.15, 0.2) is 10.5 Å². The first-order chi connectivity index (χ1) is 9.96. The number of carbonyl (C=O) groups is 2. The SMILES string of the molecule is CSC1(CNC(=O)NCc2cc(C(=O)O)c(C)o2)CCC1. The third-order valence-electron chi connectivity index (χ3n) is 3.89. The Morgan fingerprint density at radius 1 is 1.43 bits per heavy atom. The maximum atomic E-state index is 11.8. The van der Waals surface area contributed by atoms with Gasteiger partial charge in [0.05, 0.1) is 6.54 Å². The number of carboxylic acid groups (broad SMARTS) is 1. The number of aryl methyl sites for hydroxylation is 1. The molecule has 3 N–H and O–H groups in total. The standard InChI is InChI=1S/C14H20N2O4S/c1-9-11(12(17)18)6-10(20-9)7-15-13(19)16-8-14(21-2)4-3-5-14/h6H,3-5,7-8H2,1-2H3,(H,17,18)(H2,15,16,19). The van der Waals surface area contributed by atoms with Crippen molar-refractivity contribution in [3.05, 3.63) is 23.2 Å². The average Bonchev–Trinajstić information content (AvgIpc) is 2.77. The monoisotopic (exact) mass is 312 g/mol. The minimum absolute atomic E-state index is 0.128. The summed E-state index contributed by atoms with van der Waals surface area (Å²) in [6, 6.07) is 1.18. The minimum atomic E-state index is -1.03. The molecule has 21 heavy (non-hydrogen) atoms. The second kappa shape index (κ2) is 6.43. The maximum Gasteiger partial charge on any atom is 0.339 e. The summed E-state index contributed by atoms with van der Waals surface area (Å²) in [5.41, 5.74) is 0.128. The van der Waals surface area contributed by atoms with Gasteiger partial charge in [-0.15, -0.1) is 0 Å². The van der Waals surface area contributed by atoms with Crippen molar-refractivity contribution < 1.29 is 19.1 Å². The molecule has 1 aliphatic carbocycles. The van der Waals surface area contributed by atoms with Crippen LogP contribution in [0.2, 0.25) is 0 Å². The van der Waals surface area contributed by atoms with Gasteiger partial charge < -0.3 is 20.2 Å². The molecule has 0 spiro atoms. The van der Waals surface area contributed by atoms with Crippen molar-refractivity contribution in [1.29, 1.82) is 0 Å². The van der Waals surface area contributed by atoms with Gasteiger partial charge in [0.1, 0.15) is 17.1 Å². The molecule has 0 atom stereocenters. The molecule has 2 rings (SSSR count). The van der Waals surface area contributed by atoms with Crippen LogP contribution >= 0.6 is 11.8 Å². The molecular formula is C14H20N2O4S. The molecule has 1 saturated carbocycles.